The number of hydrogen-bond donors (Lipinski definition) is 2. The Balaban J connectivity index is 2.02. The van der Waals surface area contributed by atoms with Crippen LogP contribution < -0.4 is 15.4 Å². The Bertz CT molecular complexity index is 700. The minimum absolute atomic E-state index is 0.0793. The maximum absolute atomic E-state index is 12.3. The molecule has 0 heterocycles. The molecule has 0 atom stereocenters. The zero-order chi connectivity index (χ0) is 17.7. The zero-order valence-corrected chi connectivity index (χ0v) is 15.1. The van der Waals surface area contributed by atoms with E-state index in [2.05, 4.69) is 29.7 Å². The lowest BCUT2D eigenvalue weighted by Crippen LogP contribution is -2.23. The number of carbonyl (C=O) groups is 1. The lowest BCUT2D eigenvalue weighted by Gasteiger charge is -2.16. The second-order valence-corrected chi connectivity index (χ2v) is 6.34. The predicted octanol–water partition coefficient (Wildman–Crippen LogP) is 4.45. The van der Waals surface area contributed by atoms with E-state index in [9.17, 15) is 4.79 Å². The highest BCUT2D eigenvalue weighted by molar-refractivity contribution is 5.95. The van der Waals surface area contributed by atoms with Crippen LogP contribution in [0.4, 0.5) is 11.4 Å². The third kappa shape index (κ3) is 4.75. The first kappa shape index (κ1) is 17.9. The number of carbonyl (C=O) groups excluding carboxylic acids is 1. The molecule has 0 aliphatic rings. The molecular formula is C20H26N2O2. The Morgan fingerprint density at radius 1 is 1.08 bits per heavy atom. The summed E-state index contributed by atoms with van der Waals surface area (Å²) in [6.45, 7) is 10.2. The van der Waals surface area contributed by atoms with Crippen molar-refractivity contribution >= 4 is 17.3 Å². The minimum atomic E-state index is -0.0793. The largest absolute Gasteiger partial charge is 0.489 e. The summed E-state index contributed by atoms with van der Waals surface area (Å²) >= 11 is 0. The first-order chi connectivity index (χ1) is 11.4. The van der Waals surface area contributed by atoms with Crippen LogP contribution >= 0.6 is 0 Å². The van der Waals surface area contributed by atoms with Crippen LogP contribution in [0.5, 0.6) is 5.75 Å². The molecule has 2 aromatic carbocycles. The van der Waals surface area contributed by atoms with Crippen molar-refractivity contribution in [3.63, 3.8) is 0 Å². The van der Waals surface area contributed by atoms with E-state index in [-0.39, 0.29) is 18.6 Å². The van der Waals surface area contributed by atoms with Gasteiger partial charge in [-0.15, -0.1) is 0 Å². The average molecular weight is 326 g/mol. The molecule has 128 valence electrons. The standard InChI is InChI=1S/C20H26N2O2/c1-13(2)24-18-9-7-6-8-17(18)21-12-19(23)22-20-15(4)10-14(3)11-16(20)5/h6-11,13,21H,12H2,1-5H3,(H,22,23). The third-order valence-corrected chi connectivity index (χ3v) is 3.63. The van der Waals surface area contributed by atoms with Gasteiger partial charge in [0.05, 0.1) is 18.3 Å². The van der Waals surface area contributed by atoms with Gasteiger partial charge in [0.25, 0.3) is 0 Å². The van der Waals surface area contributed by atoms with Gasteiger partial charge in [-0.25, -0.2) is 0 Å². The molecule has 0 saturated carbocycles. The smallest absolute Gasteiger partial charge is 0.243 e. The van der Waals surface area contributed by atoms with Gasteiger partial charge in [-0.1, -0.05) is 29.8 Å². The van der Waals surface area contributed by atoms with Crippen LogP contribution in [0.3, 0.4) is 0 Å². The molecule has 0 spiro atoms. The molecule has 2 aromatic rings. The highest BCUT2D eigenvalue weighted by atomic mass is 16.5. The van der Waals surface area contributed by atoms with Crippen molar-refractivity contribution in [2.45, 2.75) is 40.7 Å². The van der Waals surface area contributed by atoms with Crippen molar-refractivity contribution in [3.05, 3.63) is 53.1 Å². The van der Waals surface area contributed by atoms with Gasteiger partial charge in [-0.3, -0.25) is 4.79 Å². The van der Waals surface area contributed by atoms with Crippen LogP contribution in [0.1, 0.15) is 30.5 Å². The van der Waals surface area contributed by atoms with Gasteiger partial charge in [0.15, 0.2) is 0 Å². The molecule has 0 radical (unpaired) electrons. The first-order valence-corrected chi connectivity index (χ1v) is 8.24. The highest BCUT2D eigenvalue weighted by Gasteiger charge is 2.10. The minimum Gasteiger partial charge on any atom is -0.489 e. The molecule has 0 bridgehead atoms. The summed E-state index contributed by atoms with van der Waals surface area (Å²) in [6, 6.07) is 11.8. The van der Waals surface area contributed by atoms with E-state index in [1.165, 1.54) is 5.56 Å². The summed E-state index contributed by atoms with van der Waals surface area (Å²) in [7, 11) is 0. The van der Waals surface area contributed by atoms with E-state index < -0.39 is 0 Å². The average Bonchev–Trinajstić information content (AvgIpc) is 2.49. The van der Waals surface area contributed by atoms with Gasteiger partial charge in [0.1, 0.15) is 5.75 Å². The molecule has 0 aromatic heterocycles. The number of nitrogens with one attached hydrogen (secondary N) is 2. The fraction of sp³-hybridized carbons (Fsp3) is 0.350. The first-order valence-electron chi connectivity index (χ1n) is 8.24. The van der Waals surface area contributed by atoms with E-state index in [4.69, 9.17) is 4.74 Å². The van der Waals surface area contributed by atoms with Gasteiger partial charge >= 0.3 is 0 Å². The van der Waals surface area contributed by atoms with E-state index in [0.717, 1.165) is 28.3 Å². The van der Waals surface area contributed by atoms with Crippen molar-refractivity contribution in [2.75, 3.05) is 17.2 Å². The monoisotopic (exact) mass is 326 g/mol. The highest BCUT2D eigenvalue weighted by Crippen LogP contribution is 2.25. The second-order valence-electron chi connectivity index (χ2n) is 6.34. The van der Waals surface area contributed by atoms with E-state index in [0.29, 0.717) is 0 Å². The lowest BCUT2D eigenvalue weighted by atomic mass is 10.1. The Kier molecular flexibility index (Phi) is 5.85. The number of para-hydroxylation sites is 2. The van der Waals surface area contributed by atoms with Crippen LogP contribution in [0.2, 0.25) is 0 Å². The van der Waals surface area contributed by atoms with Crippen molar-refractivity contribution in [1.29, 1.82) is 0 Å². The van der Waals surface area contributed by atoms with Crippen LogP contribution in [-0.4, -0.2) is 18.6 Å². The van der Waals surface area contributed by atoms with Gasteiger partial charge in [0, 0.05) is 5.69 Å². The van der Waals surface area contributed by atoms with Gasteiger partial charge in [-0.05, 0) is 57.9 Å². The van der Waals surface area contributed by atoms with Gasteiger partial charge < -0.3 is 15.4 Å². The molecule has 0 fully saturated rings. The van der Waals surface area contributed by atoms with Gasteiger partial charge in [-0.2, -0.15) is 0 Å². The van der Waals surface area contributed by atoms with Crippen LogP contribution in [0.15, 0.2) is 36.4 Å². The number of ether oxygens (including phenoxy) is 1. The SMILES string of the molecule is Cc1cc(C)c(NC(=O)CNc2ccccc2OC(C)C)c(C)c1. The van der Waals surface area contributed by atoms with Gasteiger partial charge in [0.2, 0.25) is 5.91 Å². The number of rotatable bonds is 6. The third-order valence-electron chi connectivity index (χ3n) is 3.63. The molecular weight excluding hydrogens is 300 g/mol. The molecule has 4 nitrogen and oxygen atoms in total. The number of benzene rings is 2. The second kappa shape index (κ2) is 7.86. The lowest BCUT2D eigenvalue weighted by molar-refractivity contribution is -0.114. The maximum atomic E-state index is 12.3. The Hall–Kier alpha value is -2.49. The topological polar surface area (TPSA) is 50.4 Å². The molecule has 0 aliphatic carbocycles. The summed E-state index contributed by atoms with van der Waals surface area (Å²) in [5.41, 5.74) is 5.05. The van der Waals surface area contributed by atoms with Crippen LogP contribution in [0.25, 0.3) is 0 Å². The number of aryl methyl sites for hydroxylation is 3. The number of hydrogen-bond acceptors (Lipinski definition) is 3. The van der Waals surface area contributed by atoms with Crippen molar-refractivity contribution < 1.29 is 9.53 Å². The van der Waals surface area contributed by atoms with Crippen molar-refractivity contribution in [1.82, 2.24) is 0 Å². The molecule has 0 unspecified atom stereocenters. The molecule has 24 heavy (non-hydrogen) atoms. The summed E-state index contributed by atoms with van der Waals surface area (Å²) in [4.78, 5) is 12.3. The summed E-state index contributed by atoms with van der Waals surface area (Å²) in [6.07, 6.45) is 0.0830. The van der Waals surface area contributed by atoms with Crippen molar-refractivity contribution in [2.24, 2.45) is 0 Å². The van der Waals surface area contributed by atoms with E-state index in [1.807, 2.05) is 52.0 Å². The maximum Gasteiger partial charge on any atom is 0.243 e. The van der Waals surface area contributed by atoms with Crippen molar-refractivity contribution in [3.8, 4) is 5.75 Å². The summed E-state index contributed by atoms with van der Waals surface area (Å²) in [5, 5.41) is 6.15. The molecule has 1 amide bonds. The Labute approximate surface area is 144 Å². The number of anilines is 2. The summed E-state index contributed by atoms with van der Waals surface area (Å²) < 4.78 is 5.75. The van der Waals surface area contributed by atoms with Crippen LogP contribution in [-0.2, 0) is 4.79 Å². The van der Waals surface area contributed by atoms with E-state index in [1.54, 1.807) is 0 Å². The molecule has 4 heteroatoms. The molecule has 0 aliphatic heterocycles. The fourth-order valence-electron chi connectivity index (χ4n) is 2.71. The predicted molar refractivity (Wildman–Crippen MR) is 100.0 cm³/mol. The van der Waals surface area contributed by atoms with Crippen LogP contribution in [0, 0.1) is 20.8 Å². The van der Waals surface area contributed by atoms with E-state index >= 15 is 0 Å². The zero-order valence-electron chi connectivity index (χ0n) is 15.1. The molecule has 0 saturated heterocycles. The summed E-state index contributed by atoms with van der Waals surface area (Å²) in [5.74, 6) is 0.674. The molecule has 2 rings (SSSR count). The quantitative estimate of drug-likeness (QED) is 0.824. The normalized spacial score (nSPS) is 10.6. The molecule has 2 N–H and O–H groups in total. The fourth-order valence-corrected chi connectivity index (χ4v) is 2.71. The Morgan fingerprint density at radius 2 is 1.71 bits per heavy atom. The number of amides is 1. The Morgan fingerprint density at radius 3 is 2.33 bits per heavy atom.